The number of benzene rings is 1. The van der Waals surface area contributed by atoms with Crippen LogP contribution in [0.2, 0.25) is 0 Å². The van der Waals surface area contributed by atoms with Crippen molar-refractivity contribution in [3.8, 4) is 0 Å². The molecule has 0 fully saturated rings. The number of pyridine rings is 1. The van der Waals surface area contributed by atoms with Gasteiger partial charge in [0.15, 0.2) is 0 Å². The van der Waals surface area contributed by atoms with Gasteiger partial charge in [0.25, 0.3) is 5.91 Å². The maximum atomic E-state index is 13.6. The Bertz CT molecular complexity index is 646. The van der Waals surface area contributed by atoms with Crippen LogP contribution in [0.4, 0.5) is 15.9 Å². The monoisotopic (exact) mass is 323 g/mol. The third-order valence-electron chi connectivity index (χ3n) is 2.50. The average molecular weight is 324 g/mol. The van der Waals surface area contributed by atoms with E-state index in [0.29, 0.717) is 21.5 Å². The van der Waals surface area contributed by atoms with Gasteiger partial charge in [-0.05, 0) is 36.8 Å². The number of carbonyl (C=O) groups is 1. The fraction of sp³-hybridized carbons (Fsp3) is 0.0769. The number of aryl methyl sites for hydroxylation is 1. The van der Waals surface area contributed by atoms with Gasteiger partial charge in [0, 0.05) is 4.47 Å². The summed E-state index contributed by atoms with van der Waals surface area (Å²) in [6.07, 6.45) is 1.43. The third-order valence-corrected chi connectivity index (χ3v) is 3.00. The second-order valence-electron chi connectivity index (χ2n) is 4.01. The number of nitrogens with zero attached hydrogens (tertiary/aromatic N) is 1. The van der Waals surface area contributed by atoms with Crippen LogP contribution < -0.4 is 11.1 Å². The standard InChI is InChI=1S/C13H11BrFN3O/c1-7-4-9(16)6-17-12(7)18-13(19)10-5-8(14)2-3-11(10)15/h2-6H,16H2,1H3,(H,17,18,19). The fourth-order valence-corrected chi connectivity index (χ4v) is 1.93. The third kappa shape index (κ3) is 3.08. The van der Waals surface area contributed by atoms with Crippen LogP contribution in [0.25, 0.3) is 0 Å². The Hall–Kier alpha value is -1.95. The van der Waals surface area contributed by atoms with E-state index in [0.717, 1.165) is 0 Å². The lowest BCUT2D eigenvalue weighted by Gasteiger charge is -2.08. The fourth-order valence-electron chi connectivity index (χ4n) is 1.57. The zero-order chi connectivity index (χ0) is 14.0. The number of amides is 1. The molecule has 98 valence electrons. The van der Waals surface area contributed by atoms with Crippen molar-refractivity contribution >= 4 is 33.3 Å². The number of carbonyl (C=O) groups excluding carboxylic acids is 1. The normalized spacial score (nSPS) is 10.3. The van der Waals surface area contributed by atoms with E-state index >= 15 is 0 Å². The topological polar surface area (TPSA) is 68.0 Å². The van der Waals surface area contributed by atoms with Crippen molar-refractivity contribution in [2.24, 2.45) is 0 Å². The van der Waals surface area contributed by atoms with Gasteiger partial charge in [0.1, 0.15) is 11.6 Å². The Balaban J connectivity index is 2.28. The van der Waals surface area contributed by atoms with Gasteiger partial charge in [-0.25, -0.2) is 9.37 Å². The molecule has 0 aliphatic rings. The number of rotatable bonds is 2. The SMILES string of the molecule is Cc1cc(N)cnc1NC(=O)c1cc(Br)ccc1F. The summed E-state index contributed by atoms with van der Waals surface area (Å²) in [6.45, 7) is 1.76. The molecule has 4 nitrogen and oxygen atoms in total. The minimum atomic E-state index is -0.589. The van der Waals surface area contributed by atoms with Gasteiger partial charge in [-0.1, -0.05) is 15.9 Å². The van der Waals surface area contributed by atoms with E-state index in [1.54, 1.807) is 13.0 Å². The second kappa shape index (κ2) is 5.36. The summed E-state index contributed by atoms with van der Waals surface area (Å²) in [7, 11) is 0. The van der Waals surface area contributed by atoms with Gasteiger partial charge >= 0.3 is 0 Å². The molecule has 3 N–H and O–H groups in total. The molecule has 1 heterocycles. The molecule has 19 heavy (non-hydrogen) atoms. The van der Waals surface area contributed by atoms with Crippen molar-refractivity contribution in [3.05, 3.63) is 51.9 Å². The first-order valence-corrected chi connectivity index (χ1v) is 6.25. The van der Waals surface area contributed by atoms with Crippen LogP contribution in [0, 0.1) is 12.7 Å². The summed E-state index contributed by atoms with van der Waals surface area (Å²) in [4.78, 5) is 16.0. The van der Waals surface area contributed by atoms with E-state index in [4.69, 9.17) is 5.73 Å². The highest BCUT2D eigenvalue weighted by Crippen LogP contribution is 2.19. The molecular formula is C13H11BrFN3O. The van der Waals surface area contributed by atoms with E-state index in [2.05, 4.69) is 26.2 Å². The first-order valence-electron chi connectivity index (χ1n) is 5.46. The molecule has 6 heteroatoms. The Morgan fingerprint density at radius 2 is 2.16 bits per heavy atom. The van der Waals surface area contributed by atoms with Crippen LogP contribution in [0.15, 0.2) is 34.9 Å². The van der Waals surface area contributed by atoms with Crippen LogP contribution in [-0.4, -0.2) is 10.9 Å². The summed E-state index contributed by atoms with van der Waals surface area (Å²) in [5.41, 5.74) is 6.74. The van der Waals surface area contributed by atoms with Crippen molar-refractivity contribution in [3.63, 3.8) is 0 Å². The number of nitrogen functional groups attached to an aromatic ring is 1. The predicted molar refractivity (Wildman–Crippen MR) is 75.4 cm³/mol. The van der Waals surface area contributed by atoms with Gasteiger partial charge in [-0.3, -0.25) is 4.79 Å². The molecule has 2 rings (SSSR count). The quantitative estimate of drug-likeness (QED) is 0.892. The lowest BCUT2D eigenvalue weighted by molar-refractivity contribution is 0.102. The van der Waals surface area contributed by atoms with Crippen LogP contribution in [0.1, 0.15) is 15.9 Å². The minimum absolute atomic E-state index is 0.0487. The number of nitrogens with two attached hydrogens (primary N) is 1. The Kier molecular flexibility index (Phi) is 3.80. The molecule has 0 bridgehead atoms. The first kappa shape index (κ1) is 13.5. The molecule has 0 spiro atoms. The maximum absolute atomic E-state index is 13.6. The summed E-state index contributed by atoms with van der Waals surface area (Å²) >= 11 is 3.20. The van der Waals surface area contributed by atoms with E-state index in [1.807, 2.05) is 0 Å². The van der Waals surface area contributed by atoms with Crippen LogP contribution in [0.3, 0.4) is 0 Å². The lowest BCUT2D eigenvalue weighted by Crippen LogP contribution is -2.15. The molecule has 0 aliphatic carbocycles. The molecule has 1 aromatic carbocycles. The molecule has 0 radical (unpaired) electrons. The van der Waals surface area contributed by atoms with Crippen molar-refractivity contribution < 1.29 is 9.18 Å². The second-order valence-corrected chi connectivity index (χ2v) is 4.93. The van der Waals surface area contributed by atoms with Gasteiger partial charge in [-0.15, -0.1) is 0 Å². The van der Waals surface area contributed by atoms with Crippen LogP contribution in [-0.2, 0) is 0 Å². The lowest BCUT2D eigenvalue weighted by atomic mass is 10.2. The predicted octanol–water partition coefficient (Wildman–Crippen LogP) is 3.13. The molecule has 0 saturated carbocycles. The molecule has 0 saturated heterocycles. The zero-order valence-electron chi connectivity index (χ0n) is 10.1. The Morgan fingerprint density at radius 1 is 1.42 bits per heavy atom. The molecule has 0 unspecified atom stereocenters. The Labute approximate surface area is 118 Å². The summed E-state index contributed by atoms with van der Waals surface area (Å²) in [6, 6.07) is 5.85. The highest BCUT2D eigenvalue weighted by Gasteiger charge is 2.14. The smallest absolute Gasteiger partial charge is 0.259 e. The number of hydrogen-bond donors (Lipinski definition) is 2. The number of aromatic nitrogens is 1. The molecule has 1 amide bonds. The minimum Gasteiger partial charge on any atom is -0.397 e. The Morgan fingerprint density at radius 3 is 2.84 bits per heavy atom. The van der Waals surface area contributed by atoms with Crippen LogP contribution >= 0.6 is 15.9 Å². The number of anilines is 2. The van der Waals surface area contributed by atoms with E-state index in [9.17, 15) is 9.18 Å². The van der Waals surface area contributed by atoms with Crippen LogP contribution in [0.5, 0.6) is 0 Å². The molecule has 1 aromatic heterocycles. The average Bonchev–Trinajstić information content (AvgIpc) is 2.35. The highest BCUT2D eigenvalue weighted by molar-refractivity contribution is 9.10. The first-order chi connectivity index (χ1) is 8.97. The summed E-state index contributed by atoms with van der Waals surface area (Å²) < 4.78 is 14.2. The largest absolute Gasteiger partial charge is 0.397 e. The van der Waals surface area contributed by atoms with E-state index in [1.165, 1.54) is 24.4 Å². The van der Waals surface area contributed by atoms with Gasteiger partial charge < -0.3 is 11.1 Å². The summed E-state index contributed by atoms with van der Waals surface area (Å²) in [5, 5.41) is 2.56. The van der Waals surface area contributed by atoms with Crippen molar-refractivity contribution in [2.45, 2.75) is 6.92 Å². The molecule has 0 atom stereocenters. The zero-order valence-corrected chi connectivity index (χ0v) is 11.7. The van der Waals surface area contributed by atoms with Crippen molar-refractivity contribution in [1.82, 2.24) is 4.98 Å². The molecule has 2 aromatic rings. The highest BCUT2D eigenvalue weighted by atomic mass is 79.9. The van der Waals surface area contributed by atoms with E-state index in [-0.39, 0.29) is 5.56 Å². The molecule has 0 aliphatic heterocycles. The number of nitrogens with one attached hydrogen (secondary N) is 1. The number of halogens is 2. The van der Waals surface area contributed by atoms with Gasteiger partial charge in [-0.2, -0.15) is 0 Å². The number of hydrogen-bond acceptors (Lipinski definition) is 3. The van der Waals surface area contributed by atoms with E-state index < -0.39 is 11.7 Å². The summed E-state index contributed by atoms with van der Waals surface area (Å²) in [5.74, 6) is -0.786. The maximum Gasteiger partial charge on any atom is 0.259 e. The van der Waals surface area contributed by atoms with Crippen molar-refractivity contribution in [2.75, 3.05) is 11.1 Å². The van der Waals surface area contributed by atoms with Gasteiger partial charge in [0.05, 0.1) is 17.4 Å². The van der Waals surface area contributed by atoms with Gasteiger partial charge in [0.2, 0.25) is 0 Å². The molecular weight excluding hydrogens is 313 g/mol. The van der Waals surface area contributed by atoms with Crippen molar-refractivity contribution in [1.29, 1.82) is 0 Å².